The summed E-state index contributed by atoms with van der Waals surface area (Å²) in [5.41, 5.74) is 8.93. The molecule has 0 unspecified atom stereocenters. The number of hydrogen-bond acceptors (Lipinski definition) is 4. The van der Waals surface area contributed by atoms with Gasteiger partial charge in [-0.15, -0.1) is 0 Å². The van der Waals surface area contributed by atoms with Crippen molar-refractivity contribution in [2.45, 2.75) is 26.3 Å². The van der Waals surface area contributed by atoms with Crippen molar-refractivity contribution in [1.29, 1.82) is 0 Å². The molecule has 27 heavy (non-hydrogen) atoms. The second-order valence-corrected chi connectivity index (χ2v) is 6.63. The van der Waals surface area contributed by atoms with Crippen LogP contribution in [-0.2, 0) is 0 Å². The summed E-state index contributed by atoms with van der Waals surface area (Å²) in [6.07, 6.45) is 0.729. The molecule has 0 aliphatic carbocycles. The highest BCUT2D eigenvalue weighted by atomic mass is 35.5. The summed E-state index contributed by atoms with van der Waals surface area (Å²) >= 11 is 11.1. The van der Waals surface area contributed by atoms with E-state index in [9.17, 15) is 0 Å². The second kappa shape index (κ2) is 10.3. The fourth-order valence-corrected chi connectivity index (χ4v) is 3.04. The Morgan fingerprint density at radius 3 is 2.33 bits per heavy atom. The van der Waals surface area contributed by atoms with Crippen LogP contribution in [0.5, 0.6) is 5.75 Å². The quantitative estimate of drug-likeness (QED) is 0.748. The van der Waals surface area contributed by atoms with Crippen LogP contribution in [0.25, 0.3) is 0 Å². The molecule has 0 amide bonds. The summed E-state index contributed by atoms with van der Waals surface area (Å²) in [5.74, 6) is 0.847. The molecule has 7 heteroatoms. The molecule has 0 aromatic heterocycles. The molecule has 1 aliphatic rings. The van der Waals surface area contributed by atoms with E-state index in [1.54, 1.807) is 11.9 Å². The Hall–Kier alpha value is -2.15. The number of nitrogens with two attached hydrogens (primary N) is 1. The summed E-state index contributed by atoms with van der Waals surface area (Å²) < 4.78 is 5.49. The zero-order chi connectivity index (χ0) is 19.8. The maximum absolute atomic E-state index is 7.57. The van der Waals surface area contributed by atoms with Gasteiger partial charge >= 0.3 is 0 Å². The molecular formula is C20H24ClN3O2S. The predicted molar refractivity (Wildman–Crippen MR) is 114 cm³/mol. The van der Waals surface area contributed by atoms with Crippen LogP contribution in [0.15, 0.2) is 53.6 Å². The molecule has 0 saturated heterocycles. The largest absolute Gasteiger partial charge is 0.494 e. The lowest BCUT2D eigenvalue weighted by Crippen LogP contribution is -2.31. The molecule has 2 aromatic rings. The molecule has 0 fully saturated rings. The molecule has 5 nitrogen and oxygen atoms in total. The third-order valence-electron chi connectivity index (χ3n) is 3.89. The number of hydrogen-bond donors (Lipinski definition) is 2. The van der Waals surface area contributed by atoms with Gasteiger partial charge in [0.05, 0.1) is 18.4 Å². The molecule has 3 rings (SSSR count). The Kier molecular flexibility index (Phi) is 8.03. The molecule has 3 N–H and O–H groups in total. The van der Waals surface area contributed by atoms with E-state index in [1.807, 2.05) is 55.5 Å². The average molecular weight is 406 g/mol. The van der Waals surface area contributed by atoms with Gasteiger partial charge in [-0.25, -0.2) is 5.01 Å². The smallest absolute Gasteiger partial charge is 0.187 e. The number of halogens is 1. The van der Waals surface area contributed by atoms with E-state index in [2.05, 4.69) is 5.10 Å². The Bertz CT molecular complexity index is 779. The number of rotatable bonds is 4. The average Bonchev–Trinajstić information content (AvgIpc) is 3.10. The first kappa shape index (κ1) is 21.2. The number of nitrogens with zero attached hydrogens (tertiary/aromatic N) is 2. The topological polar surface area (TPSA) is 71.1 Å². The third-order valence-corrected chi connectivity index (χ3v) is 4.33. The number of thiocarbonyl (C=S) groups is 1. The van der Waals surface area contributed by atoms with Crippen molar-refractivity contribution >= 4 is 34.6 Å². The van der Waals surface area contributed by atoms with E-state index >= 15 is 0 Å². The van der Waals surface area contributed by atoms with Crippen molar-refractivity contribution in [1.82, 2.24) is 5.01 Å². The lowest BCUT2D eigenvalue weighted by atomic mass is 9.98. The van der Waals surface area contributed by atoms with E-state index < -0.39 is 0 Å². The molecule has 0 bridgehead atoms. The molecule has 1 aliphatic heterocycles. The van der Waals surface area contributed by atoms with Crippen LogP contribution in [0.3, 0.4) is 0 Å². The number of ether oxygens (including phenoxy) is 1. The fourth-order valence-electron chi connectivity index (χ4n) is 2.74. The predicted octanol–water partition coefficient (Wildman–Crippen LogP) is 4.13. The van der Waals surface area contributed by atoms with E-state index in [1.165, 1.54) is 0 Å². The first-order valence-corrected chi connectivity index (χ1v) is 9.54. The van der Waals surface area contributed by atoms with Crippen LogP contribution in [-0.4, -0.2) is 34.2 Å². The zero-order valence-electron chi connectivity index (χ0n) is 15.4. The molecule has 2 aromatic carbocycles. The van der Waals surface area contributed by atoms with Gasteiger partial charge < -0.3 is 15.6 Å². The lowest BCUT2D eigenvalue weighted by Gasteiger charge is -2.22. The van der Waals surface area contributed by atoms with Crippen molar-refractivity contribution in [3.8, 4) is 5.75 Å². The van der Waals surface area contributed by atoms with E-state index in [-0.39, 0.29) is 17.8 Å². The highest BCUT2D eigenvalue weighted by Gasteiger charge is 2.30. The van der Waals surface area contributed by atoms with Crippen LogP contribution in [0.2, 0.25) is 5.02 Å². The van der Waals surface area contributed by atoms with Crippen molar-refractivity contribution in [2.75, 3.05) is 13.2 Å². The Labute approximate surface area is 170 Å². The van der Waals surface area contributed by atoms with Gasteiger partial charge in [-0.1, -0.05) is 35.9 Å². The zero-order valence-corrected chi connectivity index (χ0v) is 17.0. The first-order chi connectivity index (χ1) is 13.0. The normalized spacial score (nSPS) is 15.6. The summed E-state index contributed by atoms with van der Waals surface area (Å²) in [4.78, 5) is 0. The van der Waals surface area contributed by atoms with Crippen LogP contribution in [0.1, 0.15) is 37.4 Å². The monoisotopic (exact) mass is 405 g/mol. The molecular weight excluding hydrogens is 382 g/mol. The van der Waals surface area contributed by atoms with Gasteiger partial charge in [0.2, 0.25) is 0 Å². The molecule has 1 atom stereocenters. The summed E-state index contributed by atoms with van der Waals surface area (Å²) in [6, 6.07) is 15.6. The maximum Gasteiger partial charge on any atom is 0.187 e. The Balaban J connectivity index is 0.000000817. The lowest BCUT2D eigenvalue weighted by molar-refractivity contribution is 0.318. The highest BCUT2D eigenvalue weighted by molar-refractivity contribution is 7.80. The molecule has 144 valence electrons. The van der Waals surface area contributed by atoms with Gasteiger partial charge in [-0.3, -0.25) is 0 Å². The van der Waals surface area contributed by atoms with Crippen molar-refractivity contribution < 1.29 is 9.84 Å². The van der Waals surface area contributed by atoms with E-state index in [4.69, 9.17) is 39.4 Å². The van der Waals surface area contributed by atoms with Gasteiger partial charge in [-0.05, 0) is 61.5 Å². The molecule has 0 saturated carbocycles. The summed E-state index contributed by atoms with van der Waals surface area (Å²) in [7, 11) is 0. The van der Waals surface area contributed by atoms with Crippen molar-refractivity contribution in [3.05, 3.63) is 64.7 Å². The van der Waals surface area contributed by atoms with Gasteiger partial charge in [0.1, 0.15) is 5.75 Å². The van der Waals surface area contributed by atoms with Gasteiger partial charge in [0.25, 0.3) is 0 Å². The van der Waals surface area contributed by atoms with Crippen molar-refractivity contribution in [3.63, 3.8) is 0 Å². The van der Waals surface area contributed by atoms with Crippen LogP contribution in [0.4, 0.5) is 0 Å². The fraction of sp³-hybridized carbons (Fsp3) is 0.300. The third kappa shape index (κ3) is 5.66. The van der Waals surface area contributed by atoms with Gasteiger partial charge in [0, 0.05) is 18.1 Å². The minimum atomic E-state index is -0.0103. The van der Waals surface area contributed by atoms with Gasteiger partial charge in [-0.2, -0.15) is 5.10 Å². The first-order valence-electron chi connectivity index (χ1n) is 8.75. The van der Waals surface area contributed by atoms with E-state index in [0.29, 0.717) is 11.6 Å². The van der Waals surface area contributed by atoms with E-state index in [0.717, 1.165) is 29.0 Å². The van der Waals surface area contributed by atoms with Crippen LogP contribution in [0, 0.1) is 0 Å². The molecule has 1 heterocycles. The second-order valence-electron chi connectivity index (χ2n) is 5.77. The standard InChI is InChI=1S/C18H18ClN3OS.C2H6O/c1-2-23-15-9-5-13(6-10-15)17-11-16(21-22(17)18(20)24)12-3-7-14(19)8-4-12;1-2-3/h3-10,17H,2,11H2,1H3,(H2,20,24);3H,2H2,1H3/t17-;/m0./s1. The number of aliphatic hydroxyl groups excluding tert-OH is 1. The summed E-state index contributed by atoms with van der Waals surface area (Å²) in [6.45, 7) is 4.54. The maximum atomic E-state index is 7.57. The highest BCUT2D eigenvalue weighted by Crippen LogP contribution is 2.33. The van der Waals surface area contributed by atoms with Crippen LogP contribution >= 0.6 is 23.8 Å². The number of benzene rings is 2. The van der Waals surface area contributed by atoms with Gasteiger partial charge in [0.15, 0.2) is 5.11 Å². The Morgan fingerprint density at radius 1 is 1.22 bits per heavy atom. The number of aliphatic hydroxyl groups is 1. The minimum absolute atomic E-state index is 0.0103. The number of hydrazone groups is 1. The SMILES string of the molecule is CCO.CCOc1ccc([C@@H]2CC(c3ccc(Cl)cc3)=NN2C(N)=S)cc1. The molecule has 0 spiro atoms. The minimum Gasteiger partial charge on any atom is -0.494 e. The molecule has 0 radical (unpaired) electrons. The summed E-state index contributed by atoms with van der Waals surface area (Å²) in [5, 5.41) is 14.8. The van der Waals surface area contributed by atoms with Crippen LogP contribution < -0.4 is 10.5 Å². The Morgan fingerprint density at radius 2 is 1.81 bits per heavy atom. The van der Waals surface area contributed by atoms with Crippen molar-refractivity contribution in [2.24, 2.45) is 10.8 Å².